The molecule has 0 saturated heterocycles. The van der Waals surface area contributed by atoms with Crippen molar-refractivity contribution in [1.29, 1.82) is 0 Å². The third-order valence-electron chi connectivity index (χ3n) is 4.70. The number of ether oxygens (including phenoxy) is 2. The molecule has 0 fully saturated rings. The third-order valence-corrected chi connectivity index (χ3v) is 5.90. The average molecular weight is 393 g/mol. The number of amides is 1. The number of methoxy groups -OCH3 is 2. The van der Waals surface area contributed by atoms with E-state index in [2.05, 4.69) is 10.3 Å². The molecule has 27 heavy (non-hydrogen) atoms. The molecular weight excluding hydrogens is 364 g/mol. The van der Waals surface area contributed by atoms with Gasteiger partial charge in [0.2, 0.25) is 0 Å². The average Bonchev–Trinajstić information content (AvgIpc) is 3.08. The highest BCUT2D eigenvalue weighted by molar-refractivity contribution is 7.17. The van der Waals surface area contributed by atoms with Crippen LogP contribution in [0.1, 0.15) is 42.1 Å². The number of aliphatic hydroxyl groups is 1. The maximum Gasteiger partial charge on any atom is 0.263 e. The van der Waals surface area contributed by atoms with Gasteiger partial charge in [-0.25, -0.2) is 4.98 Å². The molecule has 0 spiro atoms. The minimum atomic E-state index is -0.539. The van der Waals surface area contributed by atoms with Gasteiger partial charge in [-0.3, -0.25) is 4.79 Å². The Morgan fingerprint density at radius 2 is 1.89 bits per heavy atom. The summed E-state index contributed by atoms with van der Waals surface area (Å²) in [5.41, 5.74) is 1.52. The summed E-state index contributed by atoms with van der Waals surface area (Å²) >= 11 is 1.32. The second-order valence-corrected chi connectivity index (χ2v) is 7.36. The van der Waals surface area contributed by atoms with Gasteiger partial charge in [0.05, 0.1) is 26.0 Å². The highest BCUT2D eigenvalue weighted by Crippen LogP contribution is 2.35. The summed E-state index contributed by atoms with van der Waals surface area (Å²) in [6.07, 6.45) is 1.23. The van der Waals surface area contributed by atoms with Gasteiger partial charge in [0.15, 0.2) is 11.5 Å². The lowest BCUT2D eigenvalue weighted by atomic mass is 9.96. The highest BCUT2D eigenvalue weighted by atomic mass is 32.1. The number of hydrogen-bond donors (Lipinski definition) is 2. The van der Waals surface area contributed by atoms with Crippen LogP contribution in [-0.2, 0) is 0 Å². The molecule has 0 radical (unpaired) electrons. The number of aryl methyl sites for hydroxylation is 1. The summed E-state index contributed by atoms with van der Waals surface area (Å²) in [5.74, 6) is 1.24. The van der Waals surface area contributed by atoms with Crippen molar-refractivity contribution in [2.24, 2.45) is 5.92 Å². The van der Waals surface area contributed by atoms with E-state index in [0.29, 0.717) is 22.1 Å². The first-order valence-corrected chi connectivity index (χ1v) is 9.92. The van der Waals surface area contributed by atoms with E-state index in [1.54, 1.807) is 14.2 Å². The zero-order chi connectivity index (χ0) is 20.0. The van der Waals surface area contributed by atoms with E-state index in [1.807, 2.05) is 39.0 Å². The van der Waals surface area contributed by atoms with Crippen molar-refractivity contribution in [2.45, 2.75) is 39.7 Å². The van der Waals surface area contributed by atoms with E-state index in [-0.39, 0.29) is 18.4 Å². The molecular formula is C20H28N2O4S. The topological polar surface area (TPSA) is 80.7 Å². The Balaban J connectivity index is 2.15. The van der Waals surface area contributed by atoms with Gasteiger partial charge in [0.25, 0.3) is 5.91 Å². The maximum absolute atomic E-state index is 12.5. The zero-order valence-electron chi connectivity index (χ0n) is 16.5. The van der Waals surface area contributed by atoms with Crippen LogP contribution in [-0.4, -0.2) is 42.9 Å². The van der Waals surface area contributed by atoms with Crippen LogP contribution in [0.2, 0.25) is 0 Å². The van der Waals surface area contributed by atoms with E-state index in [4.69, 9.17) is 9.47 Å². The monoisotopic (exact) mass is 392 g/mol. The lowest BCUT2D eigenvalue weighted by molar-refractivity contribution is 0.0819. The summed E-state index contributed by atoms with van der Waals surface area (Å²) in [7, 11) is 3.17. The molecule has 1 heterocycles. The van der Waals surface area contributed by atoms with Crippen LogP contribution < -0.4 is 14.8 Å². The first-order valence-electron chi connectivity index (χ1n) is 9.11. The fourth-order valence-electron chi connectivity index (χ4n) is 2.98. The molecule has 0 aliphatic heterocycles. The number of rotatable bonds is 9. The first kappa shape index (κ1) is 21.2. The number of carbonyl (C=O) groups excluding carboxylic acids is 1. The fourth-order valence-corrected chi connectivity index (χ4v) is 3.96. The lowest BCUT2D eigenvalue weighted by Crippen LogP contribution is -2.36. The van der Waals surface area contributed by atoms with Gasteiger partial charge in [0.1, 0.15) is 9.88 Å². The van der Waals surface area contributed by atoms with Crippen molar-refractivity contribution < 1.29 is 19.4 Å². The zero-order valence-corrected chi connectivity index (χ0v) is 17.4. The van der Waals surface area contributed by atoms with E-state index >= 15 is 0 Å². The van der Waals surface area contributed by atoms with Crippen LogP contribution in [0.15, 0.2) is 18.2 Å². The number of hydrogen-bond acceptors (Lipinski definition) is 6. The molecule has 2 rings (SSSR count). The predicted molar refractivity (Wildman–Crippen MR) is 108 cm³/mol. The van der Waals surface area contributed by atoms with Gasteiger partial charge in [-0.2, -0.15) is 0 Å². The van der Waals surface area contributed by atoms with Gasteiger partial charge in [-0.1, -0.05) is 26.7 Å². The maximum atomic E-state index is 12.5. The van der Waals surface area contributed by atoms with E-state index in [1.165, 1.54) is 11.3 Å². The van der Waals surface area contributed by atoms with Crippen LogP contribution in [0.4, 0.5) is 0 Å². The van der Waals surface area contributed by atoms with Gasteiger partial charge in [-0.05, 0) is 31.0 Å². The smallest absolute Gasteiger partial charge is 0.263 e. The summed E-state index contributed by atoms with van der Waals surface area (Å²) in [6, 6.07) is 5.55. The highest BCUT2D eigenvalue weighted by Gasteiger charge is 2.20. The fraction of sp³-hybridized carbons (Fsp3) is 0.500. The Labute approximate surface area is 164 Å². The molecule has 2 N–H and O–H groups in total. The number of benzene rings is 1. The Kier molecular flexibility index (Phi) is 7.62. The SMILES string of the molecule is CCC(CC)C(O)CNC(=O)c1sc(-c2ccc(OC)c(OC)c2)nc1C. The van der Waals surface area contributed by atoms with E-state index in [9.17, 15) is 9.90 Å². The molecule has 0 aliphatic rings. The van der Waals surface area contributed by atoms with Crippen LogP contribution in [0, 0.1) is 12.8 Å². The Morgan fingerprint density at radius 3 is 2.48 bits per heavy atom. The van der Waals surface area contributed by atoms with Gasteiger partial charge in [-0.15, -0.1) is 11.3 Å². The molecule has 148 valence electrons. The molecule has 0 saturated carbocycles. The third kappa shape index (κ3) is 4.99. The van der Waals surface area contributed by atoms with Gasteiger partial charge in [0, 0.05) is 12.1 Å². The van der Waals surface area contributed by atoms with Crippen molar-refractivity contribution >= 4 is 17.2 Å². The summed E-state index contributed by atoms with van der Waals surface area (Å²) in [5, 5.41) is 13.8. The van der Waals surface area contributed by atoms with Crippen molar-refractivity contribution in [2.75, 3.05) is 20.8 Å². The number of thiazole rings is 1. The number of nitrogens with zero attached hydrogens (tertiary/aromatic N) is 1. The Hall–Kier alpha value is -2.12. The molecule has 6 nitrogen and oxygen atoms in total. The second kappa shape index (κ2) is 9.71. The summed E-state index contributed by atoms with van der Waals surface area (Å²) in [4.78, 5) is 17.6. The van der Waals surface area contributed by atoms with Crippen LogP contribution >= 0.6 is 11.3 Å². The molecule has 1 amide bonds. The molecule has 0 aliphatic carbocycles. The number of aliphatic hydroxyl groups excluding tert-OH is 1. The molecule has 1 atom stereocenters. The molecule has 7 heteroatoms. The largest absolute Gasteiger partial charge is 0.493 e. The number of aromatic nitrogens is 1. The van der Waals surface area contributed by atoms with Crippen molar-refractivity contribution in [1.82, 2.24) is 10.3 Å². The second-order valence-electron chi connectivity index (χ2n) is 6.36. The van der Waals surface area contributed by atoms with E-state index < -0.39 is 6.10 Å². The Morgan fingerprint density at radius 1 is 1.22 bits per heavy atom. The van der Waals surface area contributed by atoms with Crippen molar-refractivity contribution in [3.63, 3.8) is 0 Å². The van der Waals surface area contributed by atoms with Gasteiger partial charge < -0.3 is 19.9 Å². The summed E-state index contributed by atoms with van der Waals surface area (Å²) < 4.78 is 10.6. The quantitative estimate of drug-likeness (QED) is 0.681. The summed E-state index contributed by atoms with van der Waals surface area (Å²) in [6.45, 7) is 6.14. The lowest BCUT2D eigenvalue weighted by Gasteiger charge is -2.20. The molecule has 1 aromatic carbocycles. The number of carbonyl (C=O) groups is 1. The van der Waals surface area contributed by atoms with Crippen LogP contribution in [0.25, 0.3) is 10.6 Å². The molecule has 0 bridgehead atoms. The standard InChI is InChI=1S/C20H28N2O4S/c1-6-13(7-2)15(23)11-21-19(24)18-12(3)22-20(27-18)14-8-9-16(25-4)17(10-14)26-5/h8-10,13,15,23H,6-7,11H2,1-5H3,(H,21,24). The van der Waals surface area contributed by atoms with Crippen LogP contribution in [0.3, 0.4) is 0 Å². The van der Waals surface area contributed by atoms with Gasteiger partial charge >= 0.3 is 0 Å². The first-order chi connectivity index (χ1) is 12.9. The molecule has 2 aromatic rings. The normalized spacial score (nSPS) is 12.1. The predicted octanol–water partition coefficient (Wildman–Crippen LogP) is 3.66. The van der Waals surface area contributed by atoms with Crippen LogP contribution in [0.5, 0.6) is 11.5 Å². The minimum absolute atomic E-state index is 0.190. The number of nitrogens with one attached hydrogen (secondary N) is 1. The molecule has 1 aromatic heterocycles. The van der Waals surface area contributed by atoms with Crippen molar-refractivity contribution in [3.8, 4) is 22.1 Å². The molecule has 1 unspecified atom stereocenters. The van der Waals surface area contributed by atoms with Crippen molar-refractivity contribution in [3.05, 3.63) is 28.8 Å². The Bertz CT molecular complexity index is 771. The minimum Gasteiger partial charge on any atom is -0.493 e. The van der Waals surface area contributed by atoms with E-state index in [0.717, 1.165) is 23.4 Å².